The third-order valence-corrected chi connectivity index (χ3v) is 15.1. The monoisotopic (exact) mass is 790 g/mol. The van der Waals surface area contributed by atoms with E-state index in [0.717, 1.165) is 41.8 Å². The second-order valence-electron chi connectivity index (χ2n) is 18.0. The highest BCUT2D eigenvalue weighted by Gasteiger charge is 2.52. The zero-order chi connectivity index (χ0) is 39.9. The van der Waals surface area contributed by atoms with E-state index in [0.29, 0.717) is 84.8 Å². The predicted octanol–water partition coefficient (Wildman–Crippen LogP) is 8.76. The molecule has 10 heteroatoms. The first kappa shape index (κ1) is 33.5. The van der Waals surface area contributed by atoms with E-state index in [1.807, 2.05) is 60.7 Å². The van der Waals surface area contributed by atoms with Crippen molar-refractivity contribution in [2.75, 3.05) is 9.80 Å². The molecule has 7 aromatic carbocycles. The molecular weight excluding hydrogens is 758 g/mol. The third-order valence-electron chi connectivity index (χ3n) is 15.1. The second kappa shape index (κ2) is 11.5. The molecule has 288 valence electrons. The summed E-state index contributed by atoms with van der Waals surface area (Å²) in [6.07, 6.45) is 5.66. The van der Waals surface area contributed by atoms with Crippen molar-refractivity contribution in [3.05, 3.63) is 144 Å². The highest BCUT2D eigenvalue weighted by Crippen LogP contribution is 2.57. The molecule has 0 radical (unpaired) electrons. The maximum Gasteiger partial charge on any atom is 0.338 e. The van der Waals surface area contributed by atoms with Crippen LogP contribution in [0.1, 0.15) is 55.1 Å². The number of amides is 2. The molecule has 4 bridgehead atoms. The van der Waals surface area contributed by atoms with E-state index in [1.165, 1.54) is 53.9 Å². The molecule has 60 heavy (non-hydrogen) atoms. The lowest BCUT2D eigenvalue weighted by molar-refractivity contribution is 0.166. The number of hydrogen-bond acceptors (Lipinski definition) is 2. The Morgan fingerprint density at radius 1 is 0.533 bits per heavy atom. The van der Waals surface area contributed by atoms with E-state index in [4.69, 9.17) is 4.42 Å². The van der Waals surface area contributed by atoms with Gasteiger partial charge in [0.25, 0.3) is 13.4 Å². The van der Waals surface area contributed by atoms with Crippen LogP contribution < -0.4 is 42.6 Å². The van der Waals surface area contributed by atoms with Gasteiger partial charge in [0.15, 0.2) is 5.58 Å². The minimum Gasteiger partial charge on any atom is -0.454 e. The number of hydrogen-bond donors (Lipinski definition) is 0. The lowest BCUT2D eigenvalue weighted by Crippen LogP contribution is -2.65. The standard InChI is InChI=1S/C50H32B2F4N2O2/c53-37-6-3-7-38(54)44(37)51-34-15-12-26-11-14-33-46-43(26)47(34)58(48-35(51)16-13-30-29-5-1-2-10-42(29)60-49(30)48)50(59)57(46)41-23-32-28-20-24-17-25(21-28)19-27(18-24)31(32)22-36(41)52(33)45-39(55)8-4-9-40(45)56/h1-16,22-25,27-28H,17-21H2. The van der Waals surface area contributed by atoms with Crippen LogP contribution in [0.2, 0.25) is 0 Å². The number of fused-ring (bicyclic) bond motifs is 8. The molecule has 2 saturated carbocycles. The van der Waals surface area contributed by atoms with Gasteiger partial charge in [0.05, 0.1) is 17.1 Å². The van der Waals surface area contributed by atoms with Crippen molar-refractivity contribution in [3.63, 3.8) is 0 Å². The summed E-state index contributed by atoms with van der Waals surface area (Å²) in [7, 11) is 0. The molecule has 3 aliphatic heterocycles. The van der Waals surface area contributed by atoms with Gasteiger partial charge in [-0.15, -0.1) is 0 Å². The van der Waals surface area contributed by atoms with Crippen LogP contribution in [0.4, 0.5) is 45.1 Å². The Kier molecular flexibility index (Phi) is 6.43. The lowest BCUT2D eigenvalue weighted by Gasteiger charge is -2.46. The molecule has 0 N–H and O–H groups in total. The minimum absolute atomic E-state index is 0.0614. The number of para-hydroxylation sites is 1. The number of benzene rings is 7. The fourth-order valence-electron chi connectivity index (χ4n) is 13.0. The van der Waals surface area contributed by atoms with Crippen molar-refractivity contribution in [1.82, 2.24) is 0 Å². The van der Waals surface area contributed by atoms with Crippen molar-refractivity contribution >= 4 is 108 Å². The van der Waals surface area contributed by atoms with E-state index < -0.39 is 42.7 Å². The molecule has 4 aliphatic carbocycles. The average molecular weight is 790 g/mol. The smallest absolute Gasteiger partial charge is 0.338 e. The van der Waals surface area contributed by atoms with Crippen LogP contribution in [0.15, 0.2) is 114 Å². The molecule has 4 nitrogen and oxygen atoms in total. The van der Waals surface area contributed by atoms with Crippen LogP contribution >= 0.6 is 0 Å². The fraction of sp³-hybridized carbons (Fsp3) is 0.180. The average Bonchev–Trinajstić information content (AvgIpc) is 3.55. The van der Waals surface area contributed by atoms with E-state index in [-0.39, 0.29) is 10.9 Å². The number of furan rings is 1. The number of halogens is 4. The Hall–Kier alpha value is -6.28. The summed E-state index contributed by atoms with van der Waals surface area (Å²) in [5, 5.41) is 3.08. The Morgan fingerprint density at radius 3 is 1.73 bits per heavy atom. The van der Waals surface area contributed by atoms with Gasteiger partial charge in [-0.3, -0.25) is 9.80 Å². The Labute approximate surface area is 342 Å². The van der Waals surface area contributed by atoms with Crippen LogP contribution in [0.3, 0.4) is 0 Å². The first-order valence-electron chi connectivity index (χ1n) is 21.1. The highest BCUT2D eigenvalue weighted by molar-refractivity contribution is 7.00. The van der Waals surface area contributed by atoms with Gasteiger partial charge in [0, 0.05) is 32.8 Å². The zero-order valence-corrected chi connectivity index (χ0v) is 32.1. The first-order valence-corrected chi connectivity index (χ1v) is 21.1. The summed E-state index contributed by atoms with van der Waals surface area (Å²) in [5.41, 5.74) is 7.80. The van der Waals surface area contributed by atoms with E-state index in [2.05, 4.69) is 12.1 Å². The van der Waals surface area contributed by atoms with Crippen molar-refractivity contribution < 1.29 is 26.8 Å². The molecule has 7 aliphatic rings. The SMILES string of the molecule is O=C1N2c3cc4c(cc3B(c3c(F)cccc3F)c3ccc5ccc6c(c5c32)N1c1c(ccc2c1oc1ccccc12)B6c1c(F)cccc1F)C1CC2CC(C1)CC4C2. The van der Waals surface area contributed by atoms with Gasteiger partial charge >= 0.3 is 6.03 Å². The van der Waals surface area contributed by atoms with E-state index >= 15 is 22.4 Å². The van der Waals surface area contributed by atoms with Gasteiger partial charge in [-0.25, -0.2) is 22.4 Å². The molecule has 8 aromatic rings. The lowest BCUT2D eigenvalue weighted by atomic mass is 9.33. The van der Waals surface area contributed by atoms with Crippen LogP contribution in [-0.2, 0) is 0 Å². The molecule has 2 atom stereocenters. The predicted molar refractivity (Wildman–Crippen MR) is 231 cm³/mol. The van der Waals surface area contributed by atoms with Crippen LogP contribution in [0, 0.1) is 35.1 Å². The Morgan fingerprint density at radius 2 is 1.08 bits per heavy atom. The zero-order valence-electron chi connectivity index (χ0n) is 32.1. The summed E-state index contributed by atoms with van der Waals surface area (Å²) in [6, 6.07) is 30.9. The topological polar surface area (TPSA) is 36.7 Å². The molecule has 0 saturated heterocycles. The van der Waals surface area contributed by atoms with Crippen LogP contribution in [0.25, 0.3) is 32.7 Å². The number of carbonyl (C=O) groups is 1. The van der Waals surface area contributed by atoms with Crippen molar-refractivity contribution in [2.24, 2.45) is 11.8 Å². The highest BCUT2D eigenvalue weighted by atomic mass is 19.1. The molecule has 1 aromatic heterocycles. The van der Waals surface area contributed by atoms with Gasteiger partial charge in [-0.1, -0.05) is 72.8 Å². The van der Waals surface area contributed by atoms with Gasteiger partial charge < -0.3 is 4.42 Å². The number of nitrogens with zero attached hydrogens (tertiary/aromatic N) is 2. The fourth-order valence-corrected chi connectivity index (χ4v) is 13.0. The second-order valence-corrected chi connectivity index (χ2v) is 18.0. The number of carbonyl (C=O) groups excluding carboxylic acids is 1. The van der Waals surface area contributed by atoms with E-state index in [1.54, 1.807) is 9.80 Å². The first-order chi connectivity index (χ1) is 29.3. The number of urea groups is 1. The third kappa shape index (κ3) is 4.12. The molecule has 15 rings (SSSR count). The van der Waals surface area contributed by atoms with Crippen LogP contribution in [-0.4, -0.2) is 19.5 Å². The molecule has 2 amide bonds. The Bertz CT molecular complexity index is 3260. The normalized spacial score (nSPS) is 21.6. The van der Waals surface area contributed by atoms with Crippen LogP contribution in [0.5, 0.6) is 0 Å². The summed E-state index contributed by atoms with van der Waals surface area (Å²) >= 11 is 0. The van der Waals surface area contributed by atoms with Gasteiger partial charge in [0.2, 0.25) is 0 Å². The van der Waals surface area contributed by atoms with Crippen molar-refractivity contribution in [3.8, 4) is 0 Å². The summed E-state index contributed by atoms with van der Waals surface area (Å²) in [6.45, 7) is -1.82. The summed E-state index contributed by atoms with van der Waals surface area (Å²) in [4.78, 5) is 19.6. The van der Waals surface area contributed by atoms with Gasteiger partial charge in [-0.05, 0) is 131 Å². The molecule has 2 fully saturated rings. The number of rotatable bonds is 2. The van der Waals surface area contributed by atoms with Gasteiger partial charge in [0.1, 0.15) is 28.9 Å². The maximum atomic E-state index is 16.4. The van der Waals surface area contributed by atoms with Gasteiger partial charge in [-0.2, -0.15) is 0 Å². The quantitative estimate of drug-likeness (QED) is 0.130. The molecule has 4 heterocycles. The largest absolute Gasteiger partial charge is 0.454 e. The van der Waals surface area contributed by atoms with Crippen molar-refractivity contribution in [1.29, 1.82) is 0 Å². The molecular formula is C50H32B2F4N2O2. The summed E-state index contributed by atoms with van der Waals surface area (Å²) in [5.74, 6) is -0.761. The number of anilines is 4. The maximum absolute atomic E-state index is 16.4. The molecule has 0 spiro atoms. The minimum atomic E-state index is -0.957. The van der Waals surface area contributed by atoms with Crippen molar-refractivity contribution in [2.45, 2.75) is 43.9 Å². The Balaban J connectivity index is 1.14. The molecule has 2 unspecified atom stereocenters. The van der Waals surface area contributed by atoms with E-state index in [9.17, 15) is 0 Å². The summed E-state index contributed by atoms with van der Waals surface area (Å²) < 4.78 is 71.9.